The van der Waals surface area contributed by atoms with Crippen LogP contribution in [0.1, 0.15) is 66.0 Å². The zero-order chi connectivity index (χ0) is 20.2. The molecule has 0 bridgehead atoms. The fourth-order valence-electron chi connectivity index (χ4n) is 4.77. The van der Waals surface area contributed by atoms with Crippen LogP contribution in [0.2, 0.25) is 16.6 Å². The SMILES string of the molecule is CC(C)[Si](O[C@H]1C(=O)N(CCCC=O)[C@H]1c1ccncc1)(C(C)C)C(C)C. The molecule has 0 unspecified atom stereocenters. The number of β-lactam (4-membered cyclic amide) rings is 1. The van der Waals surface area contributed by atoms with Gasteiger partial charge in [0.25, 0.3) is 5.91 Å². The van der Waals surface area contributed by atoms with Gasteiger partial charge in [-0.1, -0.05) is 41.5 Å². The van der Waals surface area contributed by atoms with Crippen LogP contribution in [0.25, 0.3) is 0 Å². The number of aromatic nitrogens is 1. The van der Waals surface area contributed by atoms with E-state index in [4.69, 9.17) is 4.43 Å². The molecule has 6 heteroatoms. The van der Waals surface area contributed by atoms with E-state index in [0.717, 1.165) is 11.8 Å². The minimum atomic E-state index is -2.16. The number of pyridine rings is 1. The van der Waals surface area contributed by atoms with Gasteiger partial charge in [-0.25, -0.2) is 0 Å². The van der Waals surface area contributed by atoms with Gasteiger partial charge in [0, 0.05) is 25.4 Å². The van der Waals surface area contributed by atoms with Crippen LogP contribution in [0.15, 0.2) is 24.5 Å². The first-order valence-electron chi connectivity index (χ1n) is 10.1. The number of unbranched alkanes of at least 4 members (excludes halogenated alkanes) is 1. The zero-order valence-electron chi connectivity index (χ0n) is 17.5. The van der Waals surface area contributed by atoms with Gasteiger partial charge >= 0.3 is 0 Å². The van der Waals surface area contributed by atoms with E-state index in [1.165, 1.54) is 0 Å². The third kappa shape index (κ3) is 4.16. The highest BCUT2D eigenvalue weighted by molar-refractivity contribution is 6.77. The predicted octanol–water partition coefficient (Wildman–Crippen LogP) is 4.50. The van der Waals surface area contributed by atoms with Crippen molar-refractivity contribution in [1.29, 1.82) is 0 Å². The van der Waals surface area contributed by atoms with Crippen molar-refractivity contribution in [2.45, 2.75) is 83.2 Å². The Morgan fingerprint density at radius 2 is 1.67 bits per heavy atom. The van der Waals surface area contributed by atoms with Gasteiger partial charge in [-0.2, -0.15) is 0 Å². The van der Waals surface area contributed by atoms with Crippen LogP contribution in [0, 0.1) is 0 Å². The molecule has 0 spiro atoms. The molecule has 0 radical (unpaired) electrons. The van der Waals surface area contributed by atoms with Crippen LogP contribution in [-0.2, 0) is 14.0 Å². The summed E-state index contributed by atoms with van der Waals surface area (Å²) in [4.78, 5) is 29.6. The molecule has 1 fully saturated rings. The highest BCUT2D eigenvalue weighted by Crippen LogP contribution is 2.47. The topological polar surface area (TPSA) is 59.5 Å². The Labute approximate surface area is 164 Å². The second kappa shape index (κ2) is 9.11. The van der Waals surface area contributed by atoms with E-state index < -0.39 is 14.4 Å². The Hall–Kier alpha value is -1.53. The molecule has 0 aromatic carbocycles. The van der Waals surface area contributed by atoms with Gasteiger partial charge in [-0.15, -0.1) is 0 Å². The average Bonchev–Trinajstić information content (AvgIpc) is 2.62. The molecular weight excluding hydrogens is 356 g/mol. The number of carbonyl (C=O) groups is 2. The lowest BCUT2D eigenvalue weighted by atomic mass is 9.91. The minimum Gasteiger partial charge on any atom is -0.402 e. The quantitative estimate of drug-likeness (QED) is 0.255. The fraction of sp³-hybridized carbons (Fsp3) is 0.667. The van der Waals surface area contributed by atoms with Crippen molar-refractivity contribution < 1.29 is 14.0 Å². The fourth-order valence-corrected chi connectivity index (χ4v) is 10.3. The number of nitrogens with zero attached hydrogens (tertiary/aromatic N) is 2. The standard InChI is InChI=1S/C21H34N2O3Si/c1-15(2)27(16(3)4,17(5)6)26-20-19(18-9-11-22-12-10-18)23(21(20)25)13-7-8-14-24/h9-12,14-17,19-20H,7-8,13H2,1-6H3/t19-,20+/m0/s1. The highest BCUT2D eigenvalue weighted by Gasteiger charge is 2.55. The van der Waals surface area contributed by atoms with Crippen LogP contribution in [0.5, 0.6) is 0 Å². The normalized spacial score (nSPS) is 20.5. The van der Waals surface area contributed by atoms with Gasteiger partial charge < -0.3 is 14.1 Å². The molecule has 5 nitrogen and oxygen atoms in total. The molecule has 1 saturated heterocycles. The summed E-state index contributed by atoms with van der Waals surface area (Å²) in [5.74, 6) is 0.0570. The Kier molecular flexibility index (Phi) is 7.34. The van der Waals surface area contributed by atoms with E-state index in [1.54, 1.807) is 12.4 Å². The molecule has 0 N–H and O–H groups in total. The van der Waals surface area contributed by atoms with E-state index in [9.17, 15) is 9.59 Å². The molecule has 1 amide bonds. The van der Waals surface area contributed by atoms with E-state index in [0.29, 0.717) is 36.0 Å². The Morgan fingerprint density at radius 1 is 1.11 bits per heavy atom. The molecular formula is C21H34N2O3Si. The summed E-state index contributed by atoms with van der Waals surface area (Å²) in [6, 6.07) is 3.84. The molecule has 150 valence electrons. The van der Waals surface area contributed by atoms with E-state index in [2.05, 4.69) is 46.5 Å². The smallest absolute Gasteiger partial charge is 0.253 e. The molecule has 0 aliphatic carbocycles. The van der Waals surface area contributed by atoms with E-state index >= 15 is 0 Å². The minimum absolute atomic E-state index is 0.0570. The molecule has 1 aliphatic rings. The van der Waals surface area contributed by atoms with Crippen LogP contribution in [0.4, 0.5) is 0 Å². The van der Waals surface area contributed by atoms with Crippen molar-refractivity contribution in [2.24, 2.45) is 0 Å². The maximum absolute atomic E-state index is 13.0. The molecule has 0 saturated carbocycles. The second-order valence-electron chi connectivity index (χ2n) is 8.42. The van der Waals surface area contributed by atoms with Gasteiger partial charge in [0.2, 0.25) is 8.32 Å². The van der Waals surface area contributed by atoms with Gasteiger partial charge in [0.1, 0.15) is 12.4 Å². The molecule has 1 aromatic heterocycles. The number of carbonyl (C=O) groups excluding carboxylic acids is 2. The van der Waals surface area contributed by atoms with E-state index in [1.807, 2.05) is 17.0 Å². The van der Waals surface area contributed by atoms with E-state index in [-0.39, 0.29) is 11.9 Å². The number of aldehydes is 1. The summed E-state index contributed by atoms with van der Waals surface area (Å²) < 4.78 is 6.83. The molecule has 1 aliphatic heterocycles. The van der Waals surface area contributed by atoms with Crippen LogP contribution in [0.3, 0.4) is 0 Å². The van der Waals surface area contributed by atoms with Gasteiger partial charge in [0.15, 0.2) is 0 Å². The van der Waals surface area contributed by atoms with Crippen LogP contribution < -0.4 is 0 Å². The number of rotatable bonds is 10. The lowest BCUT2D eigenvalue weighted by Gasteiger charge is -2.53. The first kappa shape index (κ1) is 21.8. The van der Waals surface area contributed by atoms with Gasteiger partial charge in [-0.3, -0.25) is 9.78 Å². The molecule has 27 heavy (non-hydrogen) atoms. The lowest BCUT2D eigenvalue weighted by Crippen LogP contribution is -2.64. The molecule has 2 atom stereocenters. The third-order valence-electron chi connectivity index (χ3n) is 5.96. The monoisotopic (exact) mass is 390 g/mol. The van der Waals surface area contributed by atoms with Crippen molar-refractivity contribution in [3.63, 3.8) is 0 Å². The van der Waals surface area contributed by atoms with Crippen molar-refractivity contribution >= 4 is 20.5 Å². The van der Waals surface area contributed by atoms with Crippen molar-refractivity contribution in [1.82, 2.24) is 9.88 Å². The van der Waals surface area contributed by atoms with Crippen molar-refractivity contribution in [3.8, 4) is 0 Å². The van der Waals surface area contributed by atoms with Gasteiger partial charge in [-0.05, 0) is 40.7 Å². The summed E-state index contributed by atoms with van der Waals surface area (Å²) in [5, 5.41) is 0. The summed E-state index contributed by atoms with van der Waals surface area (Å²) >= 11 is 0. The second-order valence-corrected chi connectivity index (χ2v) is 13.8. The first-order chi connectivity index (χ1) is 12.8. The third-order valence-corrected chi connectivity index (χ3v) is 12.0. The first-order valence-corrected chi connectivity index (χ1v) is 12.2. The highest BCUT2D eigenvalue weighted by atomic mass is 28.4. The summed E-state index contributed by atoms with van der Waals surface area (Å²) in [5.41, 5.74) is 2.33. The summed E-state index contributed by atoms with van der Waals surface area (Å²) in [6.07, 6.45) is 5.16. The Morgan fingerprint density at radius 3 is 2.15 bits per heavy atom. The molecule has 2 rings (SSSR count). The maximum atomic E-state index is 13.0. The maximum Gasteiger partial charge on any atom is 0.253 e. The number of hydrogen-bond donors (Lipinski definition) is 0. The van der Waals surface area contributed by atoms with Crippen LogP contribution in [-0.4, -0.2) is 43.0 Å². The number of hydrogen-bond acceptors (Lipinski definition) is 4. The lowest BCUT2D eigenvalue weighted by molar-refractivity contribution is -0.165. The molecule has 2 heterocycles. The summed E-state index contributed by atoms with van der Waals surface area (Å²) in [7, 11) is -2.16. The summed E-state index contributed by atoms with van der Waals surface area (Å²) in [6.45, 7) is 14.0. The van der Waals surface area contributed by atoms with Gasteiger partial charge in [0.05, 0.1) is 6.04 Å². The average molecular weight is 391 g/mol. The largest absolute Gasteiger partial charge is 0.402 e. The van der Waals surface area contributed by atoms with Crippen LogP contribution >= 0.6 is 0 Å². The zero-order valence-corrected chi connectivity index (χ0v) is 18.5. The van der Waals surface area contributed by atoms with Crippen molar-refractivity contribution in [3.05, 3.63) is 30.1 Å². The predicted molar refractivity (Wildman–Crippen MR) is 110 cm³/mol. The number of likely N-dealkylation sites (tertiary alicyclic amines) is 1. The van der Waals surface area contributed by atoms with Crippen molar-refractivity contribution in [2.75, 3.05) is 6.54 Å². The molecule has 1 aromatic rings. The Bertz CT molecular complexity index is 612. The Balaban J connectivity index is 2.32. The number of amides is 1.